The molecule has 0 unspecified atom stereocenters. The molecule has 3 nitrogen and oxygen atoms in total. The number of benzene rings is 1. The molecular weight excluding hydrogens is 296 g/mol. The lowest BCUT2D eigenvalue weighted by molar-refractivity contribution is -0.126. The van der Waals surface area contributed by atoms with Crippen molar-refractivity contribution >= 4 is 17.7 Å². The van der Waals surface area contributed by atoms with E-state index < -0.39 is 0 Å². The largest absolute Gasteiger partial charge is 0.398 e. The number of hydrogen-bond acceptors (Lipinski definition) is 2. The van der Waals surface area contributed by atoms with Gasteiger partial charge in [0.25, 0.3) is 0 Å². The Morgan fingerprint density at radius 2 is 1.54 bits per heavy atom. The Kier molecular flexibility index (Phi) is 10.7. The molecule has 0 saturated carbocycles. The molecule has 134 valence electrons. The Bertz CT molecular complexity index is 484. The van der Waals surface area contributed by atoms with E-state index in [9.17, 15) is 4.79 Å². The van der Waals surface area contributed by atoms with Gasteiger partial charge in [0, 0.05) is 24.9 Å². The molecule has 1 amide bonds. The van der Waals surface area contributed by atoms with Crippen molar-refractivity contribution in [3.8, 4) is 0 Å². The molecule has 0 atom stereocenters. The van der Waals surface area contributed by atoms with Crippen molar-refractivity contribution in [3.63, 3.8) is 0 Å². The van der Waals surface area contributed by atoms with E-state index in [2.05, 4.69) is 13.8 Å². The van der Waals surface area contributed by atoms with E-state index in [0.717, 1.165) is 31.5 Å². The van der Waals surface area contributed by atoms with Gasteiger partial charge < -0.3 is 10.6 Å². The average Bonchev–Trinajstić information content (AvgIpc) is 2.59. The summed E-state index contributed by atoms with van der Waals surface area (Å²) in [5, 5.41) is 0. The predicted molar refractivity (Wildman–Crippen MR) is 105 cm³/mol. The van der Waals surface area contributed by atoms with Crippen LogP contribution in [0.4, 0.5) is 5.69 Å². The molecule has 3 heteroatoms. The first kappa shape index (κ1) is 20.3. The van der Waals surface area contributed by atoms with Gasteiger partial charge in [-0.15, -0.1) is 0 Å². The molecule has 0 bridgehead atoms. The minimum Gasteiger partial charge on any atom is -0.398 e. The molecule has 0 aliphatic rings. The monoisotopic (exact) mass is 330 g/mol. The van der Waals surface area contributed by atoms with E-state index in [1.165, 1.54) is 38.5 Å². The standard InChI is InChI=1S/C21H34N2O/c1-3-5-7-11-17-23(18-12-8-6-4-2)21(24)16-15-19-13-9-10-14-20(19)22/h9-10,13-16H,3-8,11-12,17-18,22H2,1-2H3/b16-15+. The summed E-state index contributed by atoms with van der Waals surface area (Å²) in [6.07, 6.45) is 13.0. The van der Waals surface area contributed by atoms with Gasteiger partial charge in [0.2, 0.25) is 5.91 Å². The number of nitrogen functional groups attached to an aromatic ring is 1. The maximum absolute atomic E-state index is 12.6. The third-order valence-corrected chi connectivity index (χ3v) is 4.28. The van der Waals surface area contributed by atoms with Crippen molar-refractivity contribution < 1.29 is 4.79 Å². The van der Waals surface area contributed by atoms with Gasteiger partial charge in [0.15, 0.2) is 0 Å². The van der Waals surface area contributed by atoms with Gasteiger partial charge in [0.1, 0.15) is 0 Å². The fourth-order valence-electron chi connectivity index (χ4n) is 2.72. The second kappa shape index (κ2) is 12.6. The Morgan fingerprint density at radius 1 is 0.958 bits per heavy atom. The first-order valence-electron chi connectivity index (χ1n) is 9.50. The molecule has 24 heavy (non-hydrogen) atoms. The third kappa shape index (κ3) is 8.19. The van der Waals surface area contributed by atoms with Crippen LogP contribution in [-0.4, -0.2) is 23.9 Å². The molecule has 1 aromatic carbocycles. The van der Waals surface area contributed by atoms with Crippen LogP contribution in [0.2, 0.25) is 0 Å². The van der Waals surface area contributed by atoms with Crippen molar-refractivity contribution in [1.82, 2.24) is 4.90 Å². The zero-order valence-electron chi connectivity index (χ0n) is 15.5. The van der Waals surface area contributed by atoms with Gasteiger partial charge in [-0.25, -0.2) is 0 Å². The summed E-state index contributed by atoms with van der Waals surface area (Å²) in [6.45, 7) is 6.14. The summed E-state index contributed by atoms with van der Waals surface area (Å²) in [6, 6.07) is 7.64. The number of nitrogens with zero attached hydrogens (tertiary/aromatic N) is 1. The van der Waals surface area contributed by atoms with E-state index in [0.29, 0.717) is 5.69 Å². The quantitative estimate of drug-likeness (QED) is 0.322. The molecule has 0 radical (unpaired) electrons. The summed E-state index contributed by atoms with van der Waals surface area (Å²) in [7, 11) is 0. The molecule has 0 spiro atoms. The average molecular weight is 331 g/mol. The zero-order valence-corrected chi connectivity index (χ0v) is 15.5. The van der Waals surface area contributed by atoms with Crippen molar-refractivity contribution in [3.05, 3.63) is 35.9 Å². The predicted octanol–water partition coefficient (Wildman–Crippen LogP) is 5.27. The number of anilines is 1. The molecule has 0 heterocycles. The van der Waals surface area contributed by atoms with Gasteiger partial charge in [-0.1, -0.05) is 70.6 Å². The third-order valence-electron chi connectivity index (χ3n) is 4.28. The second-order valence-corrected chi connectivity index (χ2v) is 6.41. The van der Waals surface area contributed by atoms with Crippen molar-refractivity contribution in [1.29, 1.82) is 0 Å². The van der Waals surface area contributed by atoms with E-state index in [1.807, 2.05) is 35.2 Å². The first-order valence-corrected chi connectivity index (χ1v) is 9.50. The Hall–Kier alpha value is -1.77. The van der Waals surface area contributed by atoms with Crippen LogP contribution in [-0.2, 0) is 4.79 Å². The molecule has 0 fully saturated rings. The highest BCUT2D eigenvalue weighted by molar-refractivity contribution is 5.92. The van der Waals surface area contributed by atoms with Crippen LogP contribution in [0.1, 0.15) is 70.8 Å². The number of para-hydroxylation sites is 1. The molecule has 0 aliphatic carbocycles. The highest BCUT2D eigenvalue weighted by atomic mass is 16.2. The minimum atomic E-state index is 0.103. The van der Waals surface area contributed by atoms with Crippen LogP contribution in [0, 0.1) is 0 Å². The van der Waals surface area contributed by atoms with Gasteiger partial charge >= 0.3 is 0 Å². The highest BCUT2D eigenvalue weighted by Gasteiger charge is 2.10. The van der Waals surface area contributed by atoms with Gasteiger partial charge in [0.05, 0.1) is 0 Å². The van der Waals surface area contributed by atoms with Crippen LogP contribution >= 0.6 is 0 Å². The fraction of sp³-hybridized carbons (Fsp3) is 0.571. The van der Waals surface area contributed by atoms with E-state index >= 15 is 0 Å². The van der Waals surface area contributed by atoms with Gasteiger partial charge in [-0.3, -0.25) is 4.79 Å². The van der Waals surface area contributed by atoms with Crippen LogP contribution in [0.25, 0.3) is 6.08 Å². The zero-order chi connectivity index (χ0) is 17.6. The Labute approximate surface area is 147 Å². The van der Waals surface area contributed by atoms with Crippen LogP contribution in [0.15, 0.2) is 30.3 Å². The molecule has 2 N–H and O–H groups in total. The van der Waals surface area contributed by atoms with Gasteiger partial charge in [-0.05, 0) is 30.5 Å². The van der Waals surface area contributed by atoms with Crippen molar-refractivity contribution in [2.45, 2.75) is 65.2 Å². The first-order chi connectivity index (χ1) is 11.7. The van der Waals surface area contributed by atoms with Crippen molar-refractivity contribution in [2.75, 3.05) is 18.8 Å². The lowest BCUT2D eigenvalue weighted by Gasteiger charge is -2.21. The summed E-state index contributed by atoms with van der Waals surface area (Å²) in [4.78, 5) is 14.6. The van der Waals surface area contributed by atoms with Crippen LogP contribution < -0.4 is 5.73 Å². The summed E-state index contributed by atoms with van der Waals surface area (Å²) in [5.41, 5.74) is 7.55. The number of hydrogen-bond donors (Lipinski definition) is 1. The summed E-state index contributed by atoms with van der Waals surface area (Å²) in [5.74, 6) is 0.103. The topological polar surface area (TPSA) is 46.3 Å². The second-order valence-electron chi connectivity index (χ2n) is 6.41. The maximum Gasteiger partial charge on any atom is 0.246 e. The molecule has 0 saturated heterocycles. The number of carbonyl (C=O) groups is 1. The van der Waals surface area contributed by atoms with Gasteiger partial charge in [-0.2, -0.15) is 0 Å². The molecule has 1 rings (SSSR count). The minimum absolute atomic E-state index is 0.103. The lowest BCUT2D eigenvalue weighted by atomic mass is 10.1. The number of rotatable bonds is 12. The highest BCUT2D eigenvalue weighted by Crippen LogP contribution is 2.13. The normalized spacial score (nSPS) is 11.1. The molecule has 1 aromatic rings. The number of carbonyl (C=O) groups excluding carboxylic acids is 1. The van der Waals surface area contributed by atoms with Crippen LogP contribution in [0.5, 0.6) is 0 Å². The maximum atomic E-state index is 12.6. The molecule has 0 aliphatic heterocycles. The fourth-order valence-corrected chi connectivity index (χ4v) is 2.72. The smallest absolute Gasteiger partial charge is 0.246 e. The molecular formula is C21H34N2O. The van der Waals surface area contributed by atoms with E-state index in [1.54, 1.807) is 6.08 Å². The SMILES string of the molecule is CCCCCCN(CCCCCC)C(=O)/C=C/c1ccccc1N. The summed E-state index contributed by atoms with van der Waals surface area (Å²) < 4.78 is 0. The molecule has 0 aromatic heterocycles. The number of unbranched alkanes of at least 4 members (excludes halogenated alkanes) is 6. The van der Waals surface area contributed by atoms with E-state index in [-0.39, 0.29) is 5.91 Å². The van der Waals surface area contributed by atoms with Crippen LogP contribution in [0.3, 0.4) is 0 Å². The summed E-state index contributed by atoms with van der Waals surface area (Å²) >= 11 is 0. The van der Waals surface area contributed by atoms with E-state index in [4.69, 9.17) is 5.73 Å². The lowest BCUT2D eigenvalue weighted by Crippen LogP contribution is -2.31. The number of nitrogens with two attached hydrogens (primary N) is 1. The Balaban J connectivity index is 2.58. The number of amides is 1. The Morgan fingerprint density at radius 3 is 2.08 bits per heavy atom. The van der Waals surface area contributed by atoms with Crippen molar-refractivity contribution in [2.24, 2.45) is 0 Å².